The summed E-state index contributed by atoms with van der Waals surface area (Å²) in [6.45, 7) is 8.40. The maximum atomic E-state index is 11.5. The largest absolute Gasteiger partial charge is 0.431 e. The summed E-state index contributed by atoms with van der Waals surface area (Å²) in [6, 6.07) is 0. The van der Waals surface area contributed by atoms with Gasteiger partial charge in [-0.3, -0.25) is 4.79 Å². The molecule has 0 aromatic carbocycles. The van der Waals surface area contributed by atoms with Crippen molar-refractivity contribution >= 4 is 5.97 Å². The number of carbonyl (C=O) groups is 1. The van der Waals surface area contributed by atoms with Gasteiger partial charge in [-0.15, -0.1) is 0 Å². The molecule has 25 heavy (non-hydrogen) atoms. The van der Waals surface area contributed by atoms with Crippen LogP contribution < -0.4 is 0 Å². The number of aliphatic hydroxyl groups is 1. The molecule has 3 heteroatoms. The second-order valence-corrected chi connectivity index (χ2v) is 10.0. The highest BCUT2D eigenvalue weighted by molar-refractivity contribution is 5.67. The maximum absolute atomic E-state index is 11.5. The number of hydrogen-bond donors (Lipinski definition) is 1. The summed E-state index contributed by atoms with van der Waals surface area (Å²) in [6.07, 6.45) is 11.2. The van der Waals surface area contributed by atoms with Gasteiger partial charge in [-0.05, 0) is 93.0 Å². The molecule has 7 atom stereocenters. The van der Waals surface area contributed by atoms with Crippen LogP contribution in [0.1, 0.15) is 79.1 Å². The molecule has 0 aliphatic heterocycles. The third-order valence-electron chi connectivity index (χ3n) is 9.06. The molecule has 0 unspecified atom stereocenters. The SMILES string of the molecule is CC(=O)OC1=CCC[C@@]2(C)[C@@H]1CC[C@@H]1[C@@H]2CC[C@@]2(C)[C@H]1CC[C@]2(C)O. The van der Waals surface area contributed by atoms with E-state index >= 15 is 0 Å². The van der Waals surface area contributed by atoms with Gasteiger partial charge in [-0.1, -0.05) is 13.8 Å². The zero-order chi connectivity index (χ0) is 18.0. The van der Waals surface area contributed by atoms with Gasteiger partial charge in [0.25, 0.3) is 0 Å². The predicted octanol–water partition coefficient (Wildman–Crippen LogP) is 4.84. The first-order valence-corrected chi connectivity index (χ1v) is 10.3. The Morgan fingerprint density at radius 2 is 1.80 bits per heavy atom. The lowest BCUT2D eigenvalue weighted by Crippen LogP contribution is -2.55. The molecule has 0 aromatic heterocycles. The van der Waals surface area contributed by atoms with E-state index in [-0.39, 0.29) is 16.8 Å². The number of esters is 1. The van der Waals surface area contributed by atoms with Crippen molar-refractivity contribution < 1.29 is 14.6 Å². The Hall–Kier alpha value is -0.830. The van der Waals surface area contributed by atoms with Gasteiger partial charge in [0.1, 0.15) is 5.76 Å². The zero-order valence-corrected chi connectivity index (χ0v) is 16.3. The van der Waals surface area contributed by atoms with Crippen molar-refractivity contribution in [2.24, 2.45) is 34.5 Å². The lowest BCUT2D eigenvalue weighted by atomic mass is 9.45. The van der Waals surface area contributed by atoms with Gasteiger partial charge in [-0.2, -0.15) is 0 Å². The van der Waals surface area contributed by atoms with E-state index in [4.69, 9.17) is 4.74 Å². The van der Waals surface area contributed by atoms with E-state index in [2.05, 4.69) is 26.8 Å². The van der Waals surface area contributed by atoms with Gasteiger partial charge in [0, 0.05) is 12.8 Å². The van der Waals surface area contributed by atoms with Crippen LogP contribution in [0.5, 0.6) is 0 Å². The van der Waals surface area contributed by atoms with Gasteiger partial charge in [-0.25, -0.2) is 0 Å². The minimum Gasteiger partial charge on any atom is -0.431 e. The fourth-order valence-corrected chi connectivity index (χ4v) is 7.47. The van der Waals surface area contributed by atoms with Crippen LogP contribution in [0.4, 0.5) is 0 Å². The highest BCUT2D eigenvalue weighted by Crippen LogP contribution is 2.68. The summed E-state index contributed by atoms with van der Waals surface area (Å²) >= 11 is 0. The van der Waals surface area contributed by atoms with Crippen LogP contribution in [0, 0.1) is 34.5 Å². The summed E-state index contributed by atoms with van der Waals surface area (Å²) in [5.74, 6) is 3.26. The standard InChI is InChI=1S/C22H34O3/c1-14(23)25-19-6-5-11-20(2)16-9-12-21(3)17(10-13-22(21,4)24)15(16)7-8-18(19)20/h6,15-18,24H,5,7-13H2,1-4H3/t15-,16+,17+,18-,20-,21+,22+/m1/s1. The maximum Gasteiger partial charge on any atom is 0.307 e. The number of carbonyl (C=O) groups excluding carboxylic acids is 1. The van der Waals surface area contributed by atoms with Crippen molar-refractivity contribution in [3.05, 3.63) is 11.8 Å². The average Bonchev–Trinajstić information content (AvgIpc) is 2.76. The minimum absolute atomic E-state index is 0.0839. The third kappa shape index (κ3) is 2.37. The van der Waals surface area contributed by atoms with Crippen molar-refractivity contribution in [1.29, 1.82) is 0 Å². The highest BCUT2D eigenvalue weighted by Gasteiger charge is 2.63. The molecule has 1 N–H and O–H groups in total. The monoisotopic (exact) mass is 346 g/mol. The first-order chi connectivity index (χ1) is 11.7. The van der Waals surface area contributed by atoms with Gasteiger partial charge in [0.2, 0.25) is 0 Å². The molecule has 3 saturated carbocycles. The lowest BCUT2D eigenvalue weighted by Gasteiger charge is -2.60. The van der Waals surface area contributed by atoms with Crippen molar-refractivity contribution in [3.8, 4) is 0 Å². The van der Waals surface area contributed by atoms with Gasteiger partial charge < -0.3 is 9.84 Å². The van der Waals surface area contributed by atoms with E-state index in [1.165, 1.54) is 32.6 Å². The van der Waals surface area contributed by atoms with Gasteiger partial charge in [0.05, 0.1) is 5.60 Å². The number of ether oxygens (including phenoxy) is 1. The van der Waals surface area contributed by atoms with E-state index < -0.39 is 5.60 Å². The fourth-order valence-electron chi connectivity index (χ4n) is 7.47. The van der Waals surface area contributed by atoms with Crippen LogP contribution in [0.2, 0.25) is 0 Å². The normalized spacial score (nSPS) is 51.8. The quantitative estimate of drug-likeness (QED) is 0.691. The molecule has 0 saturated heterocycles. The third-order valence-corrected chi connectivity index (χ3v) is 9.06. The predicted molar refractivity (Wildman–Crippen MR) is 97.6 cm³/mol. The van der Waals surface area contributed by atoms with E-state index in [1.807, 2.05) is 0 Å². The topological polar surface area (TPSA) is 46.5 Å². The van der Waals surface area contributed by atoms with Crippen LogP contribution in [-0.2, 0) is 9.53 Å². The molecule has 0 heterocycles. The second-order valence-electron chi connectivity index (χ2n) is 10.0. The Kier molecular flexibility index (Phi) is 3.92. The minimum atomic E-state index is -0.504. The lowest BCUT2D eigenvalue weighted by molar-refractivity contribution is -0.150. The van der Waals surface area contributed by atoms with E-state index in [0.29, 0.717) is 17.8 Å². The molecule has 0 radical (unpaired) electrons. The van der Waals surface area contributed by atoms with Crippen molar-refractivity contribution in [2.45, 2.75) is 84.7 Å². The first-order valence-electron chi connectivity index (χ1n) is 10.3. The molecule has 4 aliphatic carbocycles. The zero-order valence-electron chi connectivity index (χ0n) is 16.3. The molecule has 3 nitrogen and oxygen atoms in total. The Balaban J connectivity index is 1.63. The van der Waals surface area contributed by atoms with Crippen LogP contribution in [0.25, 0.3) is 0 Å². The van der Waals surface area contributed by atoms with Crippen LogP contribution in [0.3, 0.4) is 0 Å². The molecule has 4 rings (SSSR count). The second kappa shape index (κ2) is 5.58. The van der Waals surface area contributed by atoms with E-state index in [1.54, 1.807) is 0 Å². The van der Waals surface area contributed by atoms with Crippen LogP contribution in [-0.4, -0.2) is 16.7 Å². The Bertz CT molecular complexity index is 606. The smallest absolute Gasteiger partial charge is 0.307 e. The summed E-state index contributed by atoms with van der Waals surface area (Å²) in [5.41, 5.74) is -0.172. The van der Waals surface area contributed by atoms with Gasteiger partial charge >= 0.3 is 5.97 Å². The van der Waals surface area contributed by atoms with Crippen LogP contribution in [0.15, 0.2) is 11.8 Å². The van der Waals surface area contributed by atoms with E-state index in [0.717, 1.165) is 37.4 Å². The molecular weight excluding hydrogens is 312 g/mol. The number of rotatable bonds is 1. The number of fused-ring (bicyclic) bond motifs is 5. The molecule has 0 amide bonds. The Labute approximate surface area is 152 Å². The summed E-state index contributed by atoms with van der Waals surface area (Å²) in [5, 5.41) is 11.0. The molecular formula is C22H34O3. The summed E-state index contributed by atoms with van der Waals surface area (Å²) in [4.78, 5) is 11.5. The molecule has 0 aromatic rings. The Morgan fingerprint density at radius 1 is 1.08 bits per heavy atom. The molecule has 140 valence electrons. The van der Waals surface area contributed by atoms with Gasteiger partial charge in [0.15, 0.2) is 0 Å². The average molecular weight is 347 g/mol. The summed E-state index contributed by atoms with van der Waals surface area (Å²) < 4.78 is 5.63. The van der Waals surface area contributed by atoms with E-state index in [9.17, 15) is 9.90 Å². The molecule has 3 fully saturated rings. The molecule has 0 bridgehead atoms. The highest BCUT2D eigenvalue weighted by atomic mass is 16.5. The molecule has 4 aliphatic rings. The van der Waals surface area contributed by atoms with Crippen molar-refractivity contribution in [2.75, 3.05) is 0 Å². The molecule has 0 spiro atoms. The summed E-state index contributed by atoms with van der Waals surface area (Å²) in [7, 11) is 0. The fraction of sp³-hybridized carbons (Fsp3) is 0.864. The number of allylic oxidation sites excluding steroid dienone is 2. The van der Waals surface area contributed by atoms with Crippen molar-refractivity contribution in [3.63, 3.8) is 0 Å². The Morgan fingerprint density at radius 3 is 2.52 bits per heavy atom. The van der Waals surface area contributed by atoms with Crippen molar-refractivity contribution in [1.82, 2.24) is 0 Å². The van der Waals surface area contributed by atoms with Crippen LogP contribution >= 0.6 is 0 Å². The first kappa shape index (κ1) is 17.6. The number of hydrogen-bond acceptors (Lipinski definition) is 3.